The fourth-order valence-corrected chi connectivity index (χ4v) is 0. The second-order valence-corrected chi connectivity index (χ2v) is 0. The summed E-state index contributed by atoms with van der Waals surface area (Å²) < 4.78 is 0. The van der Waals surface area contributed by atoms with Gasteiger partial charge in [0.2, 0.25) is 0 Å². The van der Waals surface area contributed by atoms with Crippen LogP contribution in [0.5, 0.6) is 0 Å². The van der Waals surface area contributed by atoms with Crippen molar-refractivity contribution in [2.24, 2.45) is 0 Å². The molecule has 0 fully saturated rings. The summed E-state index contributed by atoms with van der Waals surface area (Å²) in [6.45, 7) is 0. The van der Waals surface area contributed by atoms with E-state index in [4.69, 9.17) is 0 Å². The molecule has 0 saturated heterocycles. The van der Waals surface area contributed by atoms with Gasteiger partial charge in [-0.25, -0.2) is 0 Å². The summed E-state index contributed by atoms with van der Waals surface area (Å²) in [7, 11) is 0. The van der Waals surface area contributed by atoms with Crippen LogP contribution in [0.1, 0.15) is 0 Å². The summed E-state index contributed by atoms with van der Waals surface area (Å²) in [4.78, 5) is 0. The zero-order valence-electron chi connectivity index (χ0n) is 1.71. The fraction of sp³-hybridized carbons (Fsp3) is 0. The smallest absolute Gasteiger partial charge is 0 e. The zero-order valence-corrected chi connectivity index (χ0v) is 9.38. The van der Waals surface area contributed by atoms with Gasteiger partial charge in [0.05, 0.1) is 0 Å². The van der Waals surface area contributed by atoms with Crippen LogP contribution in [0, 0.1) is 41.7 Å². The molecule has 0 unspecified atom stereocenters. The third kappa shape index (κ3) is 17.7. The monoisotopic (exact) mass is 320 g/mol. The molecule has 0 atom stereocenters. The molecule has 0 nitrogen and oxygen atoms in total. The first kappa shape index (κ1) is 33.1. The van der Waals surface area contributed by atoms with Crippen molar-refractivity contribution in [2.75, 3.05) is 0 Å². The number of hydrogen-bond donors (Lipinski definition) is 0. The van der Waals surface area contributed by atoms with E-state index in [-0.39, 0.29) is 144 Å². The first-order chi connectivity index (χ1) is 0. The molecular weight excluding hydrogens is 318 g/mol. The predicted molar refractivity (Wildman–Crippen MR) is 17.1 cm³/mol. The van der Waals surface area contributed by atoms with Gasteiger partial charge < -0.3 is 0 Å². The maximum absolute atomic E-state index is 0. The largest absolute Gasteiger partial charge is 0.316 e. The first-order valence-corrected chi connectivity index (χ1v) is 0. The van der Waals surface area contributed by atoms with Crippen LogP contribution in [0.4, 0.5) is 0 Å². The molecule has 5 heteroatoms. The van der Waals surface area contributed by atoms with E-state index in [2.05, 4.69) is 0 Å². The third-order valence-corrected chi connectivity index (χ3v) is 0. The van der Waals surface area contributed by atoms with Crippen molar-refractivity contribution in [2.45, 2.75) is 0 Å². The van der Waals surface area contributed by atoms with Crippen LogP contribution in [0.25, 0.3) is 0 Å². The van der Waals surface area contributed by atoms with E-state index in [0.717, 1.165) is 0 Å². The van der Waals surface area contributed by atoms with E-state index >= 15 is 0 Å². The second-order valence-electron chi connectivity index (χ2n) is 0. The fourth-order valence-electron chi connectivity index (χ4n) is 0. The van der Waals surface area contributed by atoms with Gasteiger partial charge in [-0.15, -0.1) is 0 Å². The molecule has 0 N–H and O–H groups in total. The normalized spacial score (nSPS) is 0. The van der Waals surface area contributed by atoms with Crippen molar-refractivity contribution in [1.82, 2.24) is 0 Å². The summed E-state index contributed by atoms with van der Waals surface area (Å²) >= 11 is 0. The summed E-state index contributed by atoms with van der Waals surface area (Å²) in [5.41, 5.74) is 0. The van der Waals surface area contributed by atoms with E-state index in [1.165, 1.54) is 0 Å². The van der Waals surface area contributed by atoms with E-state index in [0.29, 0.717) is 0 Å². The van der Waals surface area contributed by atoms with Gasteiger partial charge in [-0.3, -0.25) is 0 Å². The molecule has 0 bridgehead atoms. The Morgan fingerprint density at radius 1 is 1.00 bits per heavy atom. The molecule has 0 aromatic rings. The zero-order chi connectivity index (χ0) is 0. The van der Waals surface area contributed by atoms with Crippen LogP contribution >= 0.6 is 0 Å². The minimum atomic E-state index is 0. The molecule has 0 amide bonds. The van der Waals surface area contributed by atoms with Gasteiger partial charge in [-0.05, 0) is 0 Å². The van der Waals surface area contributed by atoms with Gasteiger partial charge in [0.1, 0.15) is 0 Å². The van der Waals surface area contributed by atoms with Crippen molar-refractivity contribution in [3.63, 3.8) is 0 Å². The Bertz CT molecular complexity index is 11.6. The van der Waals surface area contributed by atoms with Crippen molar-refractivity contribution in [3.05, 3.63) is 0 Å². The minimum absolute atomic E-state index is 0. The molecule has 0 aliphatic carbocycles. The quantitative estimate of drug-likeness (QED) is 0.460. The molecule has 0 aliphatic rings. The van der Waals surface area contributed by atoms with Crippen LogP contribution in [-0.2, 0) is 41.2 Å². The SMILES string of the molecule is [CaH2].[Ce].[MgH2].[Ti].[Zn]. The molecule has 0 rings (SSSR count). The van der Waals surface area contributed by atoms with Crippen molar-refractivity contribution in [3.8, 4) is 0 Å². The van der Waals surface area contributed by atoms with Crippen molar-refractivity contribution < 1.29 is 82.9 Å². The van der Waals surface area contributed by atoms with E-state index in [1.807, 2.05) is 0 Å². The van der Waals surface area contributed by atoms with Crippen molar-refractivity contribution >= 4 is 60.8 Å². The van der Waals surface area contributed by atoms with Gasteiger partial charge in [0, 0.05) is 82.9 Å². The van der Waals surface area contributed by atoms with Crippen LogP contribution in [0.2, 0.25) is 0 Å². The molecule has 0 saturated carbocycles. The molecule has 5 heavy (non-hydrogen) atoms. The molecule has 18 valence electrons. The maximum Gasteiger partial charge on any atom is 0.316 e. The molecule has 0 heterocycles. The predicted octanol–water partition coefficient (Wildman–Crippen LogP) is -1.84. The Balaban J connectivity index is 0. The Kier molecular flexibility index (Phi) is 154. The van der Waals surface area contributed by atoms with E-state index in [1.54, 1.807) is 0 Å². The average molecular weight is 322 g/mol. The summed E-state index contributed by atoms with van der Waals surface area (Å²) in [5.74, 6) is 0. The van der Waals surface area contributed by atoms with Crippen LogP contribution in [0.3, 0.4) is 0 Å². The van der Waals surface area contributed by atoms with E-state index in [9.17, 15) is 0 Å². The molecule has 0 spiro atoms. The van der Waals surface area contributed by atoms with Gasteiger partial charge in [0.25, 0.3) is 0 Å². The molecule has 0 radical (unpaired) electrons. The second kappa shape index (κ2) is 23.3. The first-order valence-electron chi connectivity index (χ1n) is 0. The summed E-state index contributed by atoms with van der Waals surface area (Å²) in [6.07, 6.45) is 0. The van der Waals surface area contributed by atoms with Crippen LogP contribution in [-0.4, -0.2) is 60.8 Å². The Morgan fingerprint density at radius 3 is 1.00 bits per heavy atom. The van der Waals surface area contributed by atoms with Crippen LogP contribution < -0.4 is 0 Å². The topological polar surface area (TPSA) is 0 Å². The summed E-state index contributed by atoms with van der Waals surface area (Å²) in [5, 5.41) is 0. The molecule has 0 aliphatic heterocycles. The van der Waals surface area contributed by atoms with Gasteiger partial charge >= 0.3 is 60.8 Å². The van der Waals surface area contributed by atoms with Crippen LogP contribution in [0.15, 0.2) is 0 Å². The Morgan fingerprint density at radius 2 is 1.00 bits per heavy atom. The number of rotatable bonds is 0. The van der Waals surface area contributed by atoms with Gasteiger partial charge in [0.15, 0.2) is 0 Å². The minimum Gasteiger partial charge on any atom is 0 e. The van der Waals surface area contributed by atoms with Gasteiger partial charge in [-0.1, -0.05) is 0 Å². The van der Waals surface area contributed by atoms with E-state index < -0.39 is 0 Å². The Labute approximate surface area is 140 Å². The standard InChI is InChI=1S/Ca.Ce.Mg.Ti.Zn.4H. The molecular formula is H4CaCeMgTiZn. The molecule has 0 aromatic carbocycles. The average Bonchev–Trinajstić information content (AvgIpc) is 0. The third-order valence-electron chi connectivity index (χ3n) is 0. The number of hydrogen-bond acceptors (Lipinski definition) is 0. The Hall–Kier alpha value is 4.74. The van der Waals surface area contributed by atoms with Crippen molar-refractivity contribution in [1.29, 1.82) is 0 Å². The maximum atomic E-state index is 0. The molecule has 0 aromatic heterocycles. The van der Waals surface area contributed by atoms with Gasteiger partial charge in [-0.2, -0.15) is 0 Å². The summed E-state index contributed by atoms with van der Waals surface area (Å²) in [6, 6.07) is 0.